The number of methoxy groups -OCH3 is 1. The minimum atomic E-state index is -0.778. The van der Waals surface area contributed by atoms with Gasteiger partial charge in [-0.1, -0.05) is 72.8 Å². The fourth-order valence-electron chi connectivity index (χ4n) is 7.93. The Balaban J connectivity index is 0.969. The molecule has 0 aromatic heterocycles. The lowest BCUT2D eigenvalue weighted by Gasteiger charge is -2.53. The molecule has 0 unspecified atom stereocenters. The van der Waals surface area contributed by atoms with Crippen LogP contribution in [0.25, 0.3) is 0 Å². The number of hydrogen-bond acceptors (Lipinski definition) is 7. The van der Waals surface area contributed by atoms with E-state index in [0.29, 0.717) is 54.1 Å². The summed E-state index contributed by atoms with van der Waals surface area (Å²) in [6.07, 6.45) is 1.63. The van der Waals surface area contributed by atoms with Gasteiger partial charge in [-0.15, -0.1) is 0 Å². The van der Waals surface area contributed by atoms with Crippen molar-refractivity contribution in [3.05, 3.63) is 120 Å². The number of ether oxygens (including phenoxy) is 3. The third-order valence-corrected chi connectivity index (χ3v) is 11.0. The highest BCUT2D eigenvalue weighted by molar-refractivity contribution is 6.07. The van der Waals surface area contributed by atoms with Crippen LogP contribution >= 0.6 is 0 Å². The number of hydrogen-bond donors (Lipinski definition) is 0. The van der Waals surface area contributed by atoms with E-state index in [4.69, 9.17) is 14.2 Å². The number of benzene rings is 4. The number of β-lactam (4-membered cyclic amide) rings is 1. The Morgan fingerprint density at radius 3 is 2.06 bits per heavy atom. The molecular weight excluding hydrogens is 671 g/mol. The van der Waals surface area contributed by atoms with Crippen LogP contribution in [0, 0.1) is 17.2 Å². The topological polar surface area (TPSA) is 74.8 Å². The van der Waals surface area contributed by atoms with Gasteiger partial charge in [-0.2, -0.15) is 0 Å². The molecule has 3 aliphatic heterocycles. The largest absolute Gasteiger partial charge is 0.496 e. The predicted molar refractivity (Wildman–Crippen MR) is 204 cm³/mol. The summed E-state index contributed by atoms with van der Waals surface area (Å²) in [6, 6.07) is 30.0. The maximum absolute atomic E-state index is 16.2. The molecular formula is C43H49FN4O5. The standard InChI is InChI=1S/C43H49FN4O5/c1-43(2)40(48(41(43)49)36-16-10-11-17-38(36)52-29-32-12-6-4-7-13-32)34-26-35(44)37(27-39(34)51-3)46-20-18-31(19-21-46)28-45-22-24-47(25-23-45)42(50)53-30-33-14-8-5-9-15-33/h4-17,26-27,31,40H,18-25,28-30H2,1-3H3/t40-/m0/s1. The van der Waals surface area contributed by atoms with Gasteiger partial charge in [0.25, 0.3) is 0 Å². The van der Waals surface area contributed by atoms with E-state index in [0.717, 1.165) is 56.7 Å². The van der Waals surface area contributed by atoms with Crippen LogP contribution in [-0.2, 0) is 22.7 Å². The van der Waals surface area contributed by atoms with Crippen molar-refractivity contribution in [3.8, 4) is 11.5 Å². The summed E-state index contributed by atoms with van der Waals surface area (Å²) in [5.41, 5.74) is 3.03. The summed E-state index contributed by atoms with van der Waals surface area (Å²) in [7, 11) is 1.60. The fourth-order valence-corrected chi connectivity index (χ4v) is 7.93. The number of anilines is 2. The van der Waals surface area contributed by atoms with Crippen molar-refractivity contribution in [2.75, 3.05) is 62.7 Å². The average Bonchev–Trinajstić information content (AvgIpc) is 3.19. The molecule has 2 amide bonds. The van der Waals surface area contributed by atoms with Gasteiger partial charge in [0.1, 0.15) is 30.5 Å². The monoisotopic (exact) mass is 720 g/mol. The van der Waals surface area contributed by atoms with E-state index in [-0.39, 0.29) is 24.4 Å². The van der Waals surface area contributed by atoms with E-state index < -0.39 is 11.5 Å². The van der Waals surface area contributed by atoms with Gasteiger partial charge in [0, 0.05) is 57.4 Å². The highest BCUT2D eigenvalue weighted by Crippen LogP contribution is 2.56. The fraction of sp³-hybridized carbons (Fsp3) is 0.395. The Morgan fingerprint density at radius 1 is 0.774 bits per heavy atom. The van der Waals surface area contributed by atoms with Crippen LogP contribution in [0.4, 0.5) is 20.6 Å². The van der Waals surface area contributed by atoms with Crippen LogP contribution in [0.3, 0.4) is 0 Å². The van der Waals surface area contributed by atoms with Gasteiger partial charge in [0.05, 0.1) is 29.9 Å². The number of carbonyl (C=O) groups excluding carboxylic acids is 2. The van der Waals surface area contributed by atoms with Crippen LogP contribution in [0.5, 0.6) is 11.5 Å². The maximum atomic E-state index is 16.2. The summed E-state index contributed by atoms with van der Waals surface area (Å²) in [5, 5.41) is 0. The number of halogens is 1. The van der Waals surface area contributed by atoms with Crippen molar-refractivity contribution in [2.45, 2.75) is 45.9 Å². The molecule has 3 fully saturated rings. The molecule has 7 rings (SSSR count). The number of nitrogens with zero attached hydrogens (tertiary/aromatic N) is 4. The van der Waals surface area contributed by atoms with E-state index in [1.54, 1.807) is 29.0 Å². The lowest BCUT2D eigenvalue weighted by atomic mass is 9.70. The van der Waals surface area contributed by atoms with Gasteiger partial charge in [-0.05, 0) is 61.9 Å². The lowest BCUT2D eigenvalue weighted by Crippen LogP contribution is -2.61. The first-order valence-electron chi connectivity index (χ1n) is 18.6. The second-order valence-electron chi connectivity index (χ2n) is 14.8. The second-order valence-corrected chi connectivity index (χ2v) is 14.8. The molecule has 0 spiro atoms. The van der Waals surface area contributed by atoms with Crippen LogP contribution in [0.15, 0.2) is 97.1 Å². The van der Waals surface area contributed by atoms with E-state index in [1.165, 1.54) is 0 Å². The van der Waals surface area contributed by atoms with Crippen molar-refractivity contribution >= 4 is 23.4 Å². The highest BCUT2D eigenvalue weighted by atomic mass is 19.1. The number of piperidine rings is 1. The average molecular weight is 721 g/mol. The molecule has 3 saturated heterocycles. The second kappa shape index (κ2) is 15.9. The first-order valence-corrected chi connectivity index (χ1v) is 18.6. The molecule has 0 saturated carbocycles. The summed E-state index contributed by atoms with van der Waals surface area (Å²) >= 11 is 0. The van der Waals surface area contributed by atoms with Crippen molar-refractivity contribution in [1.82, 2.24) is 9.80 Å². The van der Waals surface area contributed by atoms with Gasteiger partial charge in [-0.25, -0.2) is 9.18 Å². The Hall–Kier alpha value is -5.09. The molecule has 3 heterocycles. The summed E-state index contributed by atoms with van der Waals surface area (Å²) < 4.78 is 33.9. The molecule has 1 atom stereocenters. The normalized spacial score (nSPS) is 19.1. The minimum Gasteiger partial charge on any atom is -0.496 e. The van der Waals surface area contributed by atoms with Crippen molar-refractivity contribution < 1.29 is 28.2 Å². The first kappa shape index (κ1) is 36.3. The molecule has 0 bridgehead atoms. The minimum absolute atomic E-state index is 0.0590. The Kier molecular flexibility index (Phi) is 10.9. The number of carbonyl (C=O) groups is 2. The van der Waals surface area contributed by atoms with E-state index >= 15 is 4.39 Å². The molecule has 4 aromatic rings. The van der Waals surface area contributed by atoms with Crippen LogP contribution in [0.1, 0.15) is 49.4 Å². The molecule has 9 nitrogen and oxygen atoms in total. The number of rotatable bonds is 11. The van der Waals surface area contributed by atoms with Gasteiger partial charge < -0.3 is 24.0 Å². The number of amides is 2. The SMILES string of the molecule is COc1cc(N2CCC(CN3CCN(C(=O)OCc4ccccc4)CC3)CC2)c(F)cc1[C@@H]1N(c2ccccc2OCc2ccccc2)C(=O)C1(C)C. The van der Waals surface area contributed by atoms with E-state index in [1.807, 2.05) is 98.8 Å². The molecule has 0 N–H and O–H groups in total. The molecule has 10 heteroatoms. The van der Waals surface area contributed by atoms with E-state index in [2.05, 4.69) is 9.80 Å². The van der Waals surface area contributed by atoms with Crippen LogP contribution in [-0.4, -0.2) is 74.7 Å². The Morgan fingerprint density at radius 2 is 1.40 bits per heavy atom. The summed E-state index contributed by atoms with van der Waals surface area (Å²) in [4.78, 5) is 34.4. The highest BCUT2D eigenvalue weighted by Gasteiger charge is 2.57. The smallest absolute Gasteiger partial charge is 0.410 e. The van der Waals surface area contributed by atoms with Gasteiger partial charge in [0.2, 0.25) is 5.91 Å². The van der Waals surface area contributed by atoms with Crippen LogP contribution < -0.4 is 19.3 Å². The molecule has 53 heavy (non-hydrogen) atoms. The van der Waals surface area contributed by atoms with Gasteiger partial charge >= 0.3 is 6.09 Å². The van der Waals surface area contributed by atoms with Crippen molar-refractivity contribution in [1.29, 1.82) is 0 Å². The molecule has 278 valence electrons. The molecule has 4 aromatic carbocycles. The van der Waals surface area contributed by atoms with Crippen LogP contribution in [0.2, 0.25) is 0 Å². The Bertz CT molecular complexity index is 1870. The Labute approximate surface area is 311 Å². The first-order chi connectivity index (χ1) is 25.7. The summed E-state index contributed by atoms with van der Waals surface area (Å²) in [6.45, 7) is 9.81. The van der Waals surface area contributed by atoms with Gasteiger partial charge in [0.15, 0.2) is 0 Å². The zero-order valence-electron chi connectivity index (χ0n) is 30.9. The van der Waals surface area contributed by atoms with Gasteiger partial charge in [-0.3, -0.25) is 14.6 Å². The number of piperazine rings is 1. The zero-order valence-corrected chi connectivity index (χ0v) is 30.9. The number of para-hydroxylation sites is 2. The van der Waals surface area contributed by atoms with Crippen molar-refractivity contribution in [2.24, 2.45) is 11.3 Å². The third kappa shape index (κ3) is 7.83. The zero-order chi connectivity index (χ0) is 37.0. The van der Waals surface area contributed by atoms with Crippen molar-refractivity contribution in [3.63, 3.8) is 0 Å². The van der Waals surface area contributed by atoms with E-state index in [9.17, 15) is 9.59 Å². The molecule has 0 radical (unpaired) electrons. The lowest BCUT2D eigenvalue weighted by molar-refractivity contribution is -0.137. The predicted octanol–water partition coefficient (Wildman–Crippen LogP) is 7.70. The quantitative estimate of drug-likeness (QED) is 0.147. The maximum Gasteiger partial charge on any atom is 0.410 e. The molecule has 0 aliphatic carbocycles. The summed E-state index contributed by atoms with van der Waals surface area (Å²) in [5.74, 6) is 1.26. The third-order valence-electron chi connectivity index (χ3n) is 11.0. The molecule has 3 aliphatic rings.